The number of esters is 2. The second kappa shape index (κ2) is 9.77. The summed E-state index contributed by atoms with van der Waals surface area (Å²) < 4.78 is 11.8. The molecule has 2 unspecified atom stereocenters. The summed E-state index contributed by atoms with van der Waals surface area (Å²) in [4.78, 5) is 24.9. The van der Waals surface area contributed by atoms with Crippen molar-refractivity contribution in [1.29, 1.82) is 0 Å². The molecule has 0 fully saturated rings. The number of hydrogen-bond acceptors (Lipinski definition) is 4. The fraction of sp³-hybridized carbons (Fsp3) is 0.467. The SMILES string of the molecule is CCCc1cc2cc3cc4c(cc3cc2cc1C)C(OC(=O)C(C)C)CCC4OC(=O)C(C)C. The minimum Gasteiger partial charge on any atom is -0.457 e. The average molecular weight is 461 g/mol. The van der Waals surface area contributed by atoms with Crippen molar-refractivity contribution >= 4 is 33.5 Å². The molecule has 0 heterocycles. The molecule has 1 aliphatic rings. The summed E-state index contributed by atoms with van der Waals surface area (Å²) in [5.41, 5.74) is 4.61. The van der Waals surface area contributed by atoms with Crippen LogP contribution in [0.4, 0.5) is 0 Å². The van der Waals surface area contributed by atoms with Crippen molar-refractivity contribution in [1.82, 2.24) is 0 Å². The van der Waals surface area contributed by atoms with Gasteiger partial charge >= 0.3 is 11.9 Å². The highest BCUT2D eigenvalue weighted by atomic mass is 16.6. The Hall–Kier alpha value is -2.88. The number of hydrogen-bond donors (Lipinski definition) is 0. The highest BCUT2D eigenvalue weighted by molar-refractivity contribution is 5.99. The van der Waals surface area contributed by atoms with E-state index in [4.69, 9.17) is 9.47 Å². The molecule has 180 valence electrons. The lowest BCUT2D eigenvalue weighted by molar-refractivity contribution is -0.159. The highest BCUT2D eigenvalue weighted by Crippen LogP contribution is 2.43. The van der Waals surface area contributed by atoms with Gasteiger partial charge in [-0.3, -0.25) is 9.59 Å². The van der Waals surface area contributed by atoms with Crippen LogP contribution in [0.5, 0.6) is 0 Å². The minimum atomic E-state index is -0.326. The van der Waals surface area contributed by atoms with Gasteiger partial charge in [-0.05, 0) is 94.3 Å². The van der Waals surface area contributed by atoms with Crippen LogP contribution in [0.1, 0.15) is 88.3 Å². The summed E-state index contributed by atoms with van der Waals surface area (Å²) >= 11 is 0. The maximum Gasteiger partial charge on any atom is 0.308 e. The molecule has 0 saturated heterocycles. The van der Waals surface area contributed by atoms with Crippen LogP contribution in [0.2, 0.25) is 0 Å². The lowest BCUT2D eigenvalue weighted by Gasteiger charge is -2.32. The number of carbonyl (C=O) groups excluding carboxylic acids is 2. The molecular weight excluding hydrogens is 424 g/mol. The predicted octanol–water partition coefficient (Wildman–Crippen LogP) is 7.53. The first kappa shape index (κ1) is 24.3. The molecule has 0 amide bonds. The normalized spacial score (nSPS) is 17.9. The van der Waals surface area contributed by atoms with Gasteiger partial charge in [0.25, 0.3) is 0 Å². The van der Waals surface area contributed by atoms with E-state index in [1.165, 1.54) is 21.9 Å². The zero-order chi connectivity index (χ0) is 24.6. The maximum absolute atomic E-state index is 12.4. The summed E-state index contributed by atoms with van der Waals surface area (Å²) in [6, 6.07) is 13.3. The summed E-state index contributed by atoms with van der Waals surface area (Å²) in [6.07, 6.45) is 2.81. The Morgan fingerprint density at radius 2 is 1.21 bits per heavy atom. The quantitative estimate of drug-likeness (QED) is 0.282. The van der Waals surface area contributed by atoms with E-state index in [1.807, 2.05) is 27.7 Å². The molecule has 0 bridgehead atoms. The van der Waals surface area contributed by atoms with Crippen molar-refractivity contribution in [2.24, 2.45) is 11.8 Å². The molecule has 34 heavy (non-hydrogen) atoms. The van der Waals surface area contributed by atoms with E-state index in [-0.39, 0.29) is 36.0 Å². The standard InChI is InChI=1S/C30H36O4/c1-7-8-20-12-22-14-24-16-26-25(15-23(24)13-21(22)11-19(20)6)27(33-29(31)17(2)3)9-10-28(26)34-30(32)18(4)5/h11-18,27-28H,7-10H2,1-6H3. The van der Waals surface area contributed by atoms with E-state index in [0.717, 1.165) is 34.7 Å². The Bertz CT molecular complexity index is 1240. The largest absolute Gasteiger partial charge is 0.457 e. The molecule has 0 aromatic heterocycles. The fourth-order valence-corrected chi connectivity index (χ4v) is 4.81. The molecule has 4 nitrogen and oxygen atoms in total. The number of benzene rings is 3. The van der Waals surface area contributed by atoms with Crippen LogP contribution in [0, 0.1) is 18.8 Å². The molecule has 0 N–H and O–H groups in total. The van der Waals surface area contributed by atoms with Gasteiger partial charge in [0.1, 0.15) is 12.2 Å². The van der Waals surface area contributed by atoms with Crippen LogP contribution < -0.4 is 0 Å². The molecule has 0 aliphatic heterocycles. The number of fused-ring (bicyclic) bond motifs is 3. The maximum atomic E-state index is 12.4. The Morgan fingerprint density at radius 1 is 0.765 bits per heavy atom. The van der Waals surface area contributed by atoms with E-state index in [0.29, 0.717) is 12.8 Å². The number of rotatable bonds is 6. The number of aryl methyl sites for hydroxylation is 2. The molecule has 3 aromatic carbocycles. The third kappa shape index (κ3) is 4.82. The Kier molecular flexibility index (Phi) is 6.97. The third-order valence-electron chi connectivity index (χ3n) is 6.82. The van der Waals surface area contributed by atoms with Gasteiger partial charge in [-0.25, -0.2) is 0 Å². The van der Waals surface area contributed by atoms with Crippen LogP contribution in [-0.4, -0.2) is 11.9 Å². The van der Waals surface area contributed by atoms with Crippen LogP contribution in [-0.2, 0) is 25.5 Å². The van der Waals surface area contributed by atoms with Crippen molar-refractivity contribution in [3.63, 3.8) is 0 Å². The minimum absolute atomic E-state index is 0.190. The first-order valence-electron chi connectivity index (χ1n) is 12.6. The Labute approximate surface area is 202 Å². The van der Waals surface area contributed by atoms with Crippen LogP contribution in [0.15, 0.2) is 36.4 Å². The topological polar surface area (TPSA) is 52.6 Å². The number of ether oxygens (including phenoxy) is 2. The van der Waals surface area contributed by atoms with E-state index < -0.39 is 0 Å². The van der Waals surface area contributed by atoms with Crippen LogP contribution in [0.25, 0.3) is 21.5 Å². The summed E-state index contributed by atoms with van der Waals surface area (Å²) in [7, 11) is 0. The van der Waals surface area contributed by atoms with E-state index in [1.54, 1.807) is 0 Å². The lowest BCUT2D eigenvalue weighted by Crippen LogP contribution is -2.25. The summed E-state index contributed by atoms with van der Waals surface area (Å²) in [6.45, 7) is 11.8. The first-order valence-corrected chi connectivity index (χ1v) is 12.6. The first-order chi connectivity index (χ1) is 16.2. The van der Waals surface area contributed by atoms with Gasteiger partial charge in [0.05, 0.1) is 11.8 Å². The number of carbonyl (C=O) groups is 2. The lowest BCUT2D eigenvalue weighted by atomic mass is 9.84. The molecule has 4 heteroatoms. The van der Waals surface area contributed by atoms with Gasteiger partial charge in [0, 0.05) is 0 Å². The zero-order valence-corrected chi connectivity index (χ0v) is 21.2. The molecule has 0 spiro atoms. The van der Waals surface area contributed by atoms with Gasteiger partial charge in [-0.15, -0.1) is 0 Å². The Morgan fingerprint density at radius 3 is 1.65 bits per heavy atom. The van der Waals surface area contributed by atoms with E-state index in [9.17, 15) is 9.59 Å². The summed E-state index contributed by atoms with van der Waals surface area (Å²) in [5, 5.41) is 4.64. The average Bonchev–Trinajstić information content (AvgIpc) is 2.78. The van der Waals surface area contributed by atoms with Gasteiger partial charge in [-0.2, -0.15) is 0 Å². The van der Waals surface area contributed by atoms with E-state index in [2.05, 4.69) is 50.2 Å². The zero-order valence-electron chi connectivity index (χ0n) is 21.2. The second-order valence-electron chi connectivity index (χ2n) is 10.3. The van der Waals surface area contributed by atoms with Gasteiger partial charge in [-0.1, -0.05) is 53.2 Å². The van der Waals surface area contributed by atoms with Crippen LogP contribution >= 0.6 is 0 Å². The van der Waals surface area contributed by atoms with Crippen molar-refractivity contribution in [3.05, 3.63) is 58.7 Å². The van der Waals surface area contributed by atoms with Crippen molar-refractivity contribution in [3.8, 4) is 0 Å². The molecule has 0 saturated carbocycles. The summed E-state index contributed by atoms with van der Waals surface area (Å²) in [5.74, 6) is -0.785. The highest BCUT2D eigenvalue weighted by Gasteiger charge is 2.33. The van der Waals surface area contributed by atoms with Crippen molar-refractivity contribution < 1.29 is 19.1 Å². The second-order valence-corrected chi connectivity index (χ2v) is 10.3. The molecule has 2 atom stereocenters. The molecule has 0 radical (unpaired) electrons. The van der Waals surface area contributed by atoms with E-state index >= 15 is 0 Å². The monoisotopic (exact) mass is 460 g/mol. The smallest absolute Gasteiger partial charge is 0.308 e. The van der Waals surface area contributed by atoms with Gasteiger partial charge in [0.15, 0.2) is 0 Å². The fourth-order valence-electron chi connectivity index (χ4n) is 4.81. The van der Waals surface area contributed by atoms with Gasteiger partial charge in [0.2, 0.25) is 0 Å². The molecule has 4 rings (SSSR count). The predicted molar refractivity (Wildman–Crippen MR) is 137 cm³/mol. The third-order valence-corrected chi connectivity index (χ3v) is 6.82. The van der Waals surface area contributed by atoms with Crippen LogP contribution in [0.3, 0.4) is 0 Å². The molecule has 1 aliphatic carbocycles. The van der Waals surface area contributed by atoms with Gasteiger partial charge < -0.3 is 9.47 Å². The molecular formula is C30H36O4. The Balaban J connectivity index is 1.84. The molecule has 3 aromatic rings. The van der Waals surface area contributed by atoms with Crippen molar-refractivity contribution in [2.45, 2.75) is 79.4 Å². The van der Waals surface area contributed by atoms with Crippen molar-refractivity contribution in [2.75, 3.05) is 0 Å².